The van der Waals surface area contributed by atoms with Crippen LogP contribution in [0.2, 0.25) is 0 Å². The number of aryl methyl sites for hydroxylation is 2. The van der Waals surface area contributed by atoms with Crippen molar-refractivity contribution in [1.82, 2.24) is 0 Å². The Hall–Kier alpha value is -3.62. The number of nitro groups is 1. The maximum Gasteiger partial charge on any atom is 0.337 e. The largest absolute Gasteiger partial charge is 0.490 e. The number of rotatable bonds is 7. The molecule has 2 aromatic rings. The van der Waals surface area contributed by atoms with Gasteiger partial charge in [-0.05, 0) is 37.1 Å². The van der Waals surface area contributed by atoms with Crippen LogP contribution in [0.25, 0.3) is 0 Å². The number of amides is 1. The van der Waals surface area contributed by atoms with Gasteiger partial charge >= 0.3 is 11.7 Å². The van der Waals surface area contributed by atoms with E-state index in [2.05, 4.69) is 10.6 Å². The SMILES string of the molecule is COC(=O)c1ccc(C)c(NCC(=O)Nc2cc(OC)c([N+](=O)[O-])cc2C)c1. The Morgan fingerprint density at radius 1 is 1.07 bits per heavy atom. The predicted octanol–water partition coefficient (Wildman–Crippen LogP) is 3.06. The van der Waals surface area contributed by atoms with Crippen LogP contribution in [0.3, 0.4) is 0 Å². The van der Waals surface area contributed by atoms with E-state index in [4.69, 9.17) is 9.47 Å². The molecule has 0 radical (unpaired) electrons. The van der Waals surface area contributed by atoms with E-state index in [0.717, 1.165) is 5.56 Å². The maximum atomic E-state index is 12.3. The summed E-state index contributed by atoms with van der Waals surface area (Å²) >= 11 is 0. The van der Waals surface area contributed by atoms with Crippen LogP contribution in [-0.2, 0) is 9.53 Å². The summed E-state index contributed by atoms with van der Waals surface area (Å²) in [7, 11) is 2.62. The van der Waals surface area contributed by atoms with E-state index in [1.807, 2.05) is 6.92 Å². The van der Waals surface area contributed by atoms with Crippen molar-refractivity contribution in [3.05, 3.63) is 57.1 Å². The number of hydrogen-bond acceptors (Lipinski definition) is 7. The zero-order chi connectivity index (χ0) is 20.8. The molecular weight excluding hydrogens is 366 g/mol. The topological polar surface area (TPSA) is 120 Å². The molecule has 0 spiro atoms. The first-order valence-electron chi connectivity index (χ1n) is 8.32. The lowest BCUT2D eigenvalue weighted by atomic mass is 10.1. The predicted molar refractivity (Wildman–Crippen MR) is 104 cm³/mol. The number of nitrogens with one attached hydrogen (secondary N) is 2. The third kappa shape index (κ3) is 4.76. The van der Waals surface area contributed by atoms with E-state index in [1.54, 1.807) is 25.1 Å². The van der Waals surface area contributed by atoms with Gasteiger partial charge in [0.15, 0.2) is 5.75 Å². The summed E-state index contributed by atoms with van der Waals surface area (Å²) in [6.07, 6.45) is 0. The van der Waals surface area contributed by atoms with Crippen LogP contribution >= 0.6 is 0 Å². The van der Waals surface area contributed by atoms with Gasteiger partial charge in [-0.1, -0.05) is 6.07 Å². The highest BCUT2D eigenvalue weighted by molar-refractivity contribution is 5.95. The monoisotopic (exact) mass is 387 g/mol. The van der Waals surface area contributed by atoms with Crippen LogP contribution in [0.4, 0.5) is 17.1 Å². The number of esters is 1. The van der Waals surface area contributed by atoms with Crippen LogP contribution in [0, 0.1) is 24.0 Å². The summed E-state index contributed by atoms with van der Waals surface area (Å²) in [4.78, 5) is 34.4. The number of nitrogens with zero attached hydrogens (tertiary/aromatic N) is 1. The van der Waals surface area contributed by atoms with E-state index in [1.165, 1.54) is 26.4 Å². The molecule has 0 unspecified atom stereocenters. The second-order valence-corrected chi connectivity index (χ2v) is 6.02. The lowest BCUT2D eigenvalue weighted by Crippen LogP contribution is -2.22. The van der Waals surface area contributed by atoms with Gasteiger partial charge in [0.25, 0.3) is 0 Å². The summed E-state index contributed by atoms with van der Waals surface area (Å²) in [6, 6.07) is 7.74. The first-order chi connectivity index (χ1) is 13.3. The molecular formula is C19H21N3O6. The van der Waals surface area contributed by atoms with Gasteiger partial charge in [0.2, 0.25) is 5.91 Å². The molecule has 148 valence electrons. The Morgan fingerprint density at radius 3 is 2.39 bits per heavy atom. The van der Waals surface area contributed by atoms with E-state index in [9.17, 15) is 19.7 Å². The molecule has 0 aliphatic heterocycles. The van der Waals surface area contributed by atoms with Gasteiger partial charge in [0, 0.05) is 23.5 Å². The molecule has 1 amide bonds. The second kappa shape index (κ2) is 8.85. The van der Waals surface area contributed by atoms with E-state index < -0.39 is 10.9 Å². The molecule has 0 heterocycles. The summed E-state index contributed by atoms with van der Waals surface area (Å²) in [5.41, 5.74) is 2.61. The smallest absolute Gasteiger partial charge is 0.337 e. The van der Waals surface area contributed by atoms with Crippen molar-refractivity contribution in [2.24, 2.45) is 0 Å². The number of carbonyl (C=O) groups is 2. The van der Waals surface area contributed by atoms with E-state index in [-0.39, 0.29) is 23.9 Å². The third-order valence-corrected chi connectivity index (χ3v) is 4.09. The zero-order valence-electron chi connectivity index (χ0n) is 16.0. The number of ether oxygens (including phenoxy) is 2. The summed E-state index contributed by atoms with van der Waals surface area (Å²) in [5.74, 6) is -0.775. The average molecular weight is 387 g/mol. The molecule has 2 N–H and O–H groups in total. The highest BCUT2D eigenvalue weighted by Gasteiger charge is 2.18. The molecule has 0 aromatic heterocycles. The lowest BCUT2D eigenvalue weighted by Gasteiger charge is -2.13. The molecule has 0 saturated heterocycles. The molecule has 0 aliphatic carbocycles. The van der Waals surface area contributed by atoms with Gasteiger partial charge in [-0.25, -0.2) is 4.79 Å². The first-order valence-corrected chi connectivity index (χ1v) is 8.32. The molecule has 0 bridgehead atoms. The fraction of sp³-hybridized carbons (Fsp3) is 0.263. The van der Waals surface area contributed by atoms with Gasteiger partial charge in [-0.2, -0.15) is 0 Å². The van der Waals surface area contributed by atoms with Crippen LogP contribution < -0.4 is 15.4 Å². The number of benzene rings is 2. The van der Waals surface area contributed by atoms with Crippen molar-refractivity contribution >= 4 is 28.9 Å². The molecule has 0 fully saturated rings. The van der Waals surface area contributed by atoms with Gasteiger partial charge < -0.3 is 20.1 Å². The third-order valence-electron chi connectivity index (χ3n) is 4.09. The van der Waals surface area contributed by atoms with Crippen molar-refractivity contribution in [3.63, 3.8) is 0 Å². The van der Waals surface area contributed by atoms with Gasteiger partial charge in [-0.15, -0.1) is 0 Å². The Balaban J connectivity index is 2.11. The quantitative estimate of drug-likeness (QED) is 0.425. The number of hydrogen-bond donors (Lipinski definition) is 2. The molecule has 9 heteroatoms. The van der Waals surface area contributed by atoms with Crippen molar-refractivity contribution in [2.75, 3.05) is 31.4 Å². The Kier molecular flexibility index (Phi) is 6.54. The van der Waals surface area contributed by atoms with Crippen molar-refractivity contribution in [2.45, 2.75) is 13.8 Å². The molecule has 9 nitrogen and oxygen atoms in total. The van der Waals surface area contributed by atoms with Gasteiger partial charge in [-0.3, -0.25) is 14.9 Å². The zero-order valence-corrected chi connectivity index (χ0v) is 16.0. The van der Waals surface area contributed by atoms with Crippen molar-refractivity contribution in [1.29, 1.82) is 0 Å². The molecule has 0 atom stereocenters. The summed E-state index contributed by atoms with van der Waals surface area (Å²) in [6.45, 7) is 3.43. The van der Waals surface area contributed by atoms with E-state index >= 15 is 0 Å². The number of methoxy groups -OCH3 is 2. The summed E-state index contributed by atoms with van der Waals surface area (Å²) < 4.78 is 9.71. The Morgan fingerprint density at radius 2 is 1.79 bits per heavy atom. The minimum Gasteiger partial charge on any atom is -0.490 e. The molecule has 2 rings (SSSR count). The molecule has 0 aliphatic rings. The fourth-order valence-corrected chi connectivity index (χ4v) is 2.54. The minimum atomic E-state index is -0.546. The van der Waals surface area contributed by atoms with Crippen molar-refractivity contribution in [3.8, 4) is 5.75 Å². The van der Waals surface area contributed by atoms with Crippen LogP contribution in [0.5, 0.6) is 5.75 Å². The molecule has 0 saturated carbocycles. The maximum absolute atomic E-state index is 12.3. The Labute approximate surface area is 161 Å². The second-order valence-electron chi connectivity index (χ2n) is 6.02. The molecule has 2 aromatic carbocycles. The van der Waals surface area contributed by atoms with Crippen LogP contribution in [0.15, 0.2) is 30.3 Å². The van der Waals surface area contributed by atoms with E-state index in [0.29, 0.717) is 22.5 Å². The number of carbonyl (C=O) groups excluding carboxylic acids is 2. The molecule has 28 heavy (non-hydrogen) atoms. The summed E-state index contributed by atoms with van der Waals surface area (Å²) in [5, 5.41) is 16.7. The normalized spacial score (nSPS) is 10.1. The van der Waals surface area contributed by atoms with Crippen molar-refractivity contribution < 1.29 is 24.0 Å². The highest BCUT2D eigenvalue weighted by atomic mass is 16.6. The first kappa shape index (κ1) is 20.7. The Bertz CT molecular complexity index is 926. The van der Waals surface area contributed by atoms with Crippen LogP contribution in [0.1, 0.15) is 21.5 Å². The van der Waals surface area contributed by atoms with Gasteiger partial charge in [0.05, 0.1) is 31.3 Å². The lowest BCUT2D eigenvalue weighted by molar-refractivity contribution is -0.385. The minimum absolute atomic E-state index is 0.0560. The number of nitro benzene ring substituents is 1. The highest BCUT2D eigenvalue weighted by Crippen LogP contribution is 2.32. The standard InChI is InChI=1S/C19H21N3O6/c1-11-5-6-13(19(24)28-4)8-14(11)20-10-18(23)21-15-9-17(27-3)16(22(25)26)7-12(15)2/h5-9,20H,10H2,1-4H3,(H,21,23). The van der Waals surface area contributed by atoms with Gasteiger partial charge in [0.1, 0.15) is 0 Å². The fourth-order valence-electron chi connectivity index (χ4n) is 2.54. The van der Waals surface area contributed by atoms with Crippen LogP contribution in [-0.4, -0.2) is 37.6 Å². The average Bonchev–Trinajstić information content (AvgIpc) is 2.67. The number of anilines is 2.